The van der Waals surface area contributed by atoms with Crippen molar-refractivity contribution in [3.8, 4) is 11.3 Å². The number of nitrogen functional groups attached to an aromatic ring is 1. The van der Waals surface area contributed by atoms with Gasteiger partial charge in [-0.05, 0) is 55.3 Å². The Labute approximate surface area is 211 Å². The second-order valence-corrected chi connectivity index (χ2v) is 8.60. The quantitative estimate of drug-likeness (QED) is 0.168. The largest absolute Gasteiger partial charge is 0.416 e. The number of aliphatic hydroxyl groups is 4. The number of amides is 1. The molecule has 38 heavy (non-hydrogen) atoms. The van der Waals surface area contributed by atoms with Crippen molar-refractivity contribution in [2.75, 3.05) is 11.1 Å². The van der Waals surface area contributed by atoms with Gasteiger partial charge >= 0.3 is 12.1 Å². The molecule has 0 bridgehead atoms. The van der Waals surface area contributed by atoms with E-state index in [9.17, 15) is 42.8 Å². The number of aromatic nitrogens is 3. The van der Waals surface area contributed by atoms with Crippen LogP contribution in [0.1, 0.15) is 34.3 Å². The van der Waals surface area contributed by atoms with Gasteiger partial charge in [0.1, 0.15) is 22.8 Å². The first-order valence-electron chi connectivity index (χ1n) is 10.9. The predicted octanol–water partition coefficient (Wildman–Crippen LogP) is 2.51. The third kappa shape index (κ3) is 5.15. The molecule has 0 aliphatic heterocycles. The highest BCUT2D eigenvalue weighted by atomic mass is 19.4. The number of hydrogen-bond donors (Lipinski definition) is 6. The third-order valence-corrected chi connectivity index (χ3v) is 5.63. The number of alkyl halides is 3. The maximum Gasteiger partial charge on any atom is 0.416 e. The van der Waals surface area contributed by atoms with E-state index in [1.165, 1.54) is 28.8 Å². The SMILES string of the molecule is Cc1cn2c(C(O)(O)O)nc(-c3ccc(NC(=O)C(O)c4cc(F)cc(C(F)(F)F)c4)cc3C)c2c(N)n1. The van der Waals surface area contributed by atoms with Crippen LogP contribution in [0.25, 0.3) is 16.8 Å². The van der Waals surface area contributed by atoms with Crippen molar-refractivity contribution in [3.63, 3.8) is 0 Å². The Morgan fingerprint density at radius 2 is 1.76 bits per heavy atom. The van der Waals surface area contributed by atoms with Crippen LogP contribution >= 0.6 is 0 Å². The number of fused-ring (bicyclic) bond motifs is 1. The van der Waals surface area contributed by atoms with Gasteiger partial charge in [0.15, 0.2) is 6.10 Å². The van der Waals surface area contributed by atoms with Gasteiger partial charge in [-0.3, -0.25) is 9.20 Å². The van der Waals surface area contributed by atoms with Gasteiger partial charge in [-0.25, -0.2) is 14.4 Å². The Morgan fingerprint density at radius 3 is 2.37 bits per heavy atom. The van der Waals surface area contributed by atoms with E-state index >= 15 is 0 Å². The van der Waals surface area contributed by atoms with Crippen molar-refractivity contribution in [1.29, 1.82) is 0 Å². The minimum absolute atomic E-state index is 0.0174. The lowest BCUT2D eigenvalue weighted by Gasteiger charge is -2.15. The number of benzene rings is 2. The summed E-state index contributed by atoms with van der Waals surface area (Å²) in [5.41, 5.74) is 5.78. The van der Waals surface area contributed by atoms with Gasteiger partial charge < -0.3 is 31.5 Å². The molecule has 1 atom stereocenters. The van der Waals surface area contributed by atoms with E-state index in [1.54, 1.807) is 13.8 Å². The number of halogens is 4. The number of hydrogen-bond acceptors (Lipinski definition) is 8. The zero-order chi connectivity index (χ0) is 28.2. The molecule has 1 unspecified atom stereocenters. The van der Waals surface area contributed by atoms with E-state index in [-0.39, 0.29) is 28.8 Å². The maximum atomic E-state index is 13.7. The fourth-order valence-electron chi connectivity index (χ4n) is 3.99. The minimum Gasteiger partial charge on any atom is -0.382 e. The van der Waals surface area contributed by atoms with Crippen molar-refractivity contribution in [2.24, 2.45) is 0 Å². The van der Waals surface area contributed by atoms with Crippen molar-refractivity contribution < 1.29 is 42.8 Å². The van der Waals surface area contributed by atoms with Crippen molar-refractivity contribution in [1.82, 2.24) is 14.4 Å². The molecule has 7 N–H and O–H groups in total. The Hall–Kier alpha value is -4.11. The number of imidazole rings is 1. The monoisotopic (exact) mass is 535 g/mol. The number of carbonyl (C=O) groups excluding carboxylic acids is 1. The van der Waals surface area contributed by atoms with Gasteiger partial charge in [-0.1, -0.05) is 6.07 Å². The van der Waals surface area contributed by atoms with E-state index in [0.717, 1.165) is 0 Å². The Bertz CT molecular complexity index is 1560. The van der Waals surface area contributed by atoms with E-state index in [4.69, 9.17) is 5.73 Å². The van der Waals surface area contributed by atoms with Gasteiger partial charge in [-0.2, -0.15) is 13.2 Å². The fraction of sp³-hybridized carbons (Fsp3) is 0.208. The number of nitrogens with zero attached hydrogens (tertiary/aromatic N) is 3. The molecule has 2 aromatic heterocycles. The Morgan fingerprint density at radius 1 is 1.08 bits per heavy atom. The summed E-state index contributed by atoms with van der Waals surface area (Å²) < 4.78 is 53.8. The summed E-state index contributed by atoms with van der Waals surface area (Å²) in [6, 6.07) is 5.65. The zero-order valence-electron chi connectivity index (χ0n) is 19.7. The molecule has 0 fully saturated rings. The molecule has 2 aromatic carbocycles. The number of carbonyl (C=O) groups is 1. The molecule has 0 radical (unpaired) electrons. The first kappa shape index (κ1) is 26.9. The highest BCUT2D eigenvalue weighted by Gasteiger charge is 2.33. The van der Waals surface area contributed by atoms with Gasteiger partial charge in [0, 0.05) is 17.4 Å². The highest BCUT2D eigenvalue weighted by molar-refractivity contribution is 5.95. The van der Waals surface area contributed by atoms with E-state index in [2.05, 4.69) is 15.3 Å². The van der Waals surface area contributed by atoms with Gasteiger partial charge in [-0.15, -0.1) is 0 Å². The number of anilines is 2. The topological polar surface area (TPSA) is 166 Å². The molecule has 0 aliphatic carbocycles. The summed E-state index contributed by atoms with van der Waals surface area (Å²) in [7, 11) is 0. The van der Waals surface area contributed by atoms with Crippen LogP contribution < -0.4 is 11.1 Å². The summed E-state index contributed by atoms with van der Waals surface area (Å²) in [6.07, 6.45) is -5.60. The normalized spacial score (nSPS) is 13.1. The van der Waals surface area contributed by atoms with Crippen LogP contribution in [-0.2, 0) is 16.9 Å². The van der Waals surface area contributed by atoms with Crippen molar-refractivity contribution in [2.45, 2.75) is 32.1 Å². The average Bonchev–Trinajstić information content (AvgIpc) is 3.17. The molecule has 4 aromatic rings. The second-order valence-electron chi connectivity index (χ2n) is 8.60. The number of aryl methyl sites for hydroxylation is 2. The van der Waals surface area contributed by atoms with Crippen LogP contribution in [0.4, 0.5) is 29.1 Å². The number of nitrogens with one attached hydrogen (secondary N) is 1. The molecular formula is C24H21F4N5O5. The molecule has 200 valence electrons. The molecule has 0 saturated carbocycles. The van der Waals surface area contributed by atoms with Crippen LogP contribution in [0.5, 0.6) is 0 Å². The number of aliphatic hydroxyl groups excluding tert-OH is 1. The lowest BCUT2D eigenvalue weighted by molar-refractivity contribution is -0.329. The summed E-state index contributed by atoms with van der Waals surface area (Å²) in [6.45, 7) is 3.20. The molecule has 0 aliphatic rings. The van der Waals surface area contributed by atoms with Crippen LogP contribution in [0, 0.1) is 19.7 Å². The van der Waals surface area contributed by atoms with E-state index in [1.807, 2.05) is 0 Å². The fourth-order valence-corrected chi connectivity index (χ4v) is 3.99. The Balaban J connectivity index is 1.67. The summed E-state index contributed by atoms with van der Waals surface area (Å²) >= 11 is 0. The van der Waals surface area contributed by atoms with Crippen LogP contribution in [-0.4, -0.2) is 40.7 Å². The van der Waals surface area contributed by atoms with Gasteiger partial charge in [0.25, 0.3) is 5.91 Å². The van der Waals surface area contributed by atoms with Crippen LogP contribution in [0.3, 0.4) is 0 Å². The molecule has 14 heteroatoms. The lowest BCUT2D eigenvalue weighted by atomic mass is 10.0. The van der Waals surface area contributed by atoms with Crippen LogP contribution in [0.15, 0.2) is 42.6 Å². The second kappa shape index (κ2) is 9.33. The summed E-state index contributed by atoms with van der Waals surface area (Å²) in [4.78, 5) is 20.8. The molecule has 10 nitrogen and oxygen atoms in total. The molecular weight excluding hydrogens is 514 g/mol. The first-order valence-corrected chi connectivity index (χ1v) is 10.9. The molecule has 1 amide bonds. The van der Waals surface area contributed by atoms with E-state index < -0.39 is 46.9 Å². The summed E-state index contributed by atoms with van der Waals surface area (Å²) in [5.74, 6) is -6.25. The maximum absolute atomic E-state index is 13.7. The zero-order valence-corrected chi connectivity index (χ0v) is 19.7. The Kier molecular flexibility index (Phi) is 6.61. The van der Waals surface area contributed by atoms with Crippen LogP contribution in [0.2, 0.25) is 0 Å². The predicted molar refractivity (Wildman–Crippen MR) is 126 cm³/mol. The third-order valence-electron chi connectivity index (χ3n) is 5.63. The van der Waals surface area contributed by atoms with Gasteiger partial charge in [0.05, 0.1) is 11.3 Å². The molecule has 4 rings (SSSR count). The lowest BCUT2D eigenvalue weighted by Crippen LogP contribution is -2.27. The smallest absolute Gasteiger partial charge is 0.382 e. The minimum atomic E-state index is -4.88. The van der Waals surface area contributed by atoms with Crippen molar-refractivity contribution >= 4 is 22.9 Å². The molecule has 0 saturated heterocycles. The number of nitrogens with two attached hydrogens (primary N) is 1. The average molecular weight is 535 g/mol. The highest BCUT2D eigenvalue weighted by Crippen LogP contribution is 2.35. The first-order chi connectivity index (χ1) is 17.6. The molecule has 0 spiro atoms. The van der Waals surface area contributed by atoms with E-state index in [0.29, 0.717) is 29.0 Å². The van der Waals surface area contributed by atoms with Crippen molar-refractivity contribution in [3.05, 3.63) is 76.6 Å². The standard InChI is InChI=1S/C24H21F4N5O5/c1-10-5-15(31-21(35)19(34)12-6-13(23(26,27)28)8-14(25)7-12)3-4-16(10)17-18-20(29)30-11(2)9-33(18)22(32-17)24(36,37)38/h3-9,19,34,36-38H,1-2H3,(H2,29,30)(H,31,35). The van der Waals surface area contributed by atoms with Gasteiger partial charge in [0.2, 0.25) is 5.82 Å². The number of rotatable bonds is 5. The molecule has 2 heterocycles. The summed E-state index contributed by atoms with van der Waals surface area (Å²) in [5, 5.41) is 41.9.